The van der Waals surface area contributed by atoms with Crippen LogP contribution in [0.4, 0.5) is 5.69 Å². The molecule has 0 heterocycles. The van der Waals surface area contributed by atoms with Crippen molar-refractivity contribution in [2.75, 3.05) is 5.73 Å². The van der Waals surface area contributed by atoms with Crippen LogP contribution in [-0.4, -0.2) is 44.0 Å². The summed E-state index contributed by atoms with van der Waals surface area (Å²) in [5.41, 5.74) is 6.98. The molecule has 11 nitrogen and oxygen atoms in total. The van der Waals surface area contributed by atoms with E-state index in [-0.39, 0.29) is 21.8 Å². The van der Waals surface area contributed by atoms with Crippen molar-refractivity contribution in [2.24, 2.45) is 0 Å². The molecule has 3 aromatic rings. The minimum Gasteiger partial charge on any atom is -0.457 e. The number of nitrogen functional groups attached to an aromatic ring is 1. The zero-order chi connectivity index (χ0) is 25.7. The van der Waals surface area contributed by atoms with Gasteiger partial charge in [0.2, 0.25) is 11.8 Å². The van der Waals surface area contributed by atoms with Gasteiger partial charge < -0.3 is 15.2 Å². The van der Waals surface area contributed by atoms with E-state index in [4.69, 9.17) is 26.0 Å². The highest BCUT2D eigenvalue weighted by molar-refractivity contribution is 6.05. The highest BCUT2D eigenvalue weighted by atomic mass is 16.5. The van der Waals surface area contributed by atoms with Crippen LogP contribution in [0.3, 0.4) is 0 Å². The lowest BCUT2D eigenvalue weighted by molar-refractivity contribution is -0.147. The molecule has 0 unspecified atom stereocenters. The first-order chi connectivity index (χ1) is 16.5. The van der Waals surface area contributed by atoms with Crippen LogP contribution in [-0.2, 0) is 9.59 Å². The molecule has 0 aliphatic carbocycles. The molecule has 0 saturated heterocycles. The van der Waals surface area contributed by atoms with E-state index in [9.17, 15) is 20.0 Å². The van der Waals surface area contributed by atoms with Crippen molar-refractivity contribution in [1.29, 1.82) is 10.8 Å². The number of nitrogens with two attached hydrogens (primary N) is 1. The Morgan fingerprint density at radius 2 is 1.03 bits per heavy atom. The van der Waals surface area contributed by atoms with Crippen LogP contribution in [0.25, 0.3) is 0 Å². The van der Waals surface area contributed by atoms with E-state index in [2.05, 4.69) is 0 Å². The van der Waals surface area contributed by atoms with E-state index >= 15 is 0 Å². The summed E-state index contributed by atoms with van der Waals surface area (Å²) in [7, 11) is 0. The van der Waals surface area contributed by atoms with Gasteiger partial charge >= 0.3 is 0 Å². The van der Waals surface area contributed by atoms with Crippen LogP contribution < -0.4 is 15.2 Å². The van der Waals surface area contributed by atoms with Gasteiger partial charge in [-0.25, -0.2) is 0 Å². The molecule has 0 saturated carbocycles. The summed E-state index contributed by atoms with van der Waals surface area (Å²) in [5.74, 6) is -0.476. The molecular formula is C24H23N5O6. The molecule has 11 heteroatoms. The molecule has 0 atom stereocenters. The SMILES string of the molecule is CC(=O)N(O)C(=N)c1ccc(Oc2cc(N)cc(Oc3ccc(C(=N)N(O)C(C)=O)cc3)c2)cc1. The molecule has 0 aliphatic rings. The predicted octanol–water partition coefficient (Wildman–Crippen LogP) is 3.98. The molecule has 3 aromatic carbocycles. The van der Waals surface area contributed by atoms with E-state index in [1.165, 1.54) is 24.3 Å². The summed E-state index contributed by atoms with van der Waals surface area (Å²) in [5, 5.41) is 35.3. The second kappa shape index (κ2) is 10.5. The van der Waals surface area contributed by atoms with Gasteiger partial charge in [-0.3, -0.25) is 30.8 Å². The molecule has 3 rings (SSSR count). The van der Waals surface area contributed by atoms with Crippen LogP contribution in [0.15, 0.2) is 66.7 Å². The normalized spacial score (nSPS) is 10.3. The fourth-order valence-corrected chi connectivity index (χ4v) is 2.90. The second-order valence-electron chi connectivity index (χ2n) is 7.35. The molecular weight excluding hydrogens is 454 g/mol. The second-order valence-corrected chi connectivity index (χ2v) is 7.35. The maximum absolute atomic E-state index is 11.2. The topological polar surface area (TPSA) is 173 Å². The number of hydroxylamine groups is 4. The van der Waals surface area contributed by atoms with E-state index in [1.807, 2.05) is 0 Å². The van der Waals surface area contributed by atoms with E-state index in [0.29, 0.717) is 39.8 Å². The first-order valence-electron chi connectivity index (χ1n) is 10.2. The van der Waals surface area contributed by atoms with E-state index in [1.54, 1.807) is 42.5 Å². The summed E-state index contributed by atoms with van der Waals surface area (Å²) >= 11 is 0. The molecule has 0 fully saturated rings. The molecule has 0 aliphatic heterocycles. The van der Waals surface area contributed by atoms with Crippen LogP contribution in [0, 0.1) is 10.8 Å². The Morgan fingerprint density at radius 1 is 0.686 bits per heavy atom. The number of anilines is 1. The third kappa shape index (κ3) is 6.19. The Balaban J connectivity index is 1.71. The molecule has 0 radical (unpaired) electrons. The standard InChI is InChI=1S/C24H23N5O6/c1-14(30)28(32)23(26)16-3-7-19(8-4-16)34-21-11-18(25)12-22(13-21)35-20-9-5-17(6-10-20)24(27)29(33)15(2)31/h3-13,26-27,32-33H,25H2,1-2H3. The number of amidine groups is 2. The van der Waals surface area contributed by atoms with Gasteiger partial charge in [0.05, 0.1) is 0 Å². The highest BCUT2D eigenvalue weighted by Gasteiger charge is 2.15. The molecule has 180 valence electrons. The van der Waals surface area contributed by atoms with E-state index < -0.39 is 11.8 Å². The molecule has 0 aromatic heterocycles. The lowest BCUT2D eigenvalue weighted by Gasteiger charge is -2.15. The summed E-state index contributed by atoms with van der Waals surface area (Å²) in [4.78, 5) is 22.4. The number of hydrogen-bond acceptors (Lipinski definition) is 9. The predicted molar refractivity (Wildman–Crippen MR) is 126 cm³/mol. The minimum atomic E-state index is -0.679. The van der Waals surface area contributed by atoms with Gasteiger partial charge in [0.1, 0.15) is 23.0 Å². The molecule has 2 amide bonds. The summed E-state index contributed by atoms with van der Waals surface area (Å²) in [6, 6.07) is 17.2. The van der Waals surface area contributed by atoms with Gasteiger partial charge in [0.25, 0.3) is 0 Å². The van der Waals surface area contributed by atoms with Crippen molar-refractivity contribution in [2.45, 2.75) is 13.8 Å². The number of amides is 2. The molecule has 0 bridgehead atoms. The summed E-state index contributed by atoms with van der Waals surface area (Å²) < 4.78 is 11.6. The fraction of sp³-hybridized carbons (Fsp3) is 0.0833. The lowest BCUT2D eigenvalue weighted by Crippen LogP contribution is -2.31. The number of carbonyl (C=O) groups excluding carboxylic acids is 2. The van der Waals surface area contributed by atoms with Crippen LogP contribution in [0.2, 0.25) is 0 Å². The third-order valence-corrected chi connectivity index (χ3v) is 4.65. The van der Waals surface area contributed by atoms with Crippen molar-refractivity contribution in [3.8, 4) is 23.0 Å². The maximum atomic E-state index is 11.2. The Labute approximate surface area is 200 Å². The Morgan fingerprint density at radius 3 is 1.34 bits per heavy atom. The van der Waals surface area contributed by atoms with Gasteiger partial charge in [-0.2, -0.15) is 10.1 Å². The van der Waals surface area contributed by atoms with Crippen LogP contribution >= 0.6 is 0 Å². The van der Waals surface area contributed by atoms with Crippen molar-refractivity contribution >= 4 is 29.2 Å². The first kappa shape index (κ1) is 24.9. The molecule has 35 heavy (non-hydrogen) atoms. The Bertz CT molecular complexity index is 1180. The lowest BCUT2D eigenvalue weighted by atomic mass is 10.2. The largest absolute Gasteiger partial charge is 0.457 e. The Hall–Kier alpha value is -4.74. The van der Waals surface area contributed by atoms with E-state index in [0.717, 1.165) is 13.8 Å². The number of carbonyl (C=O) groups is 2. The van der Waals surface area contributed by atoms with Gasteiger partial charge in [0.15, 0.2) is 11.7 Å². The molecule has 0 spiro atoms. The third-order valence-electron chi connectivity index (χ3n) is 4.65. The quantitative estimate of drug-likeness (QED) is 0.117. The number of ether oxygens (including phenoxy) is 2. The fourth-order valence-electron chi connectivity index (χ4n) is 2.90. The van der Waals surface area contributed by atoms with Crippen molar-refractivity contribution < 1.29 is 29.5 Å². The number of nitrogens with zero attached hydrogens (tertiary/aromatic N) is 2. The Kier molecular flexibility index (Phi) is 7.44. The number of rotatable bonds is 6. The number of hydrogen-bond donors (Lipinski definition) is 5. The van der Waals surface area contributed by atoms with Crippen LogP contribution in [0.1, 0.15) is 25.0 Å². The summed E-state index contributed by atoms with van der Waals surface area (Å²) in [6.07, 6.45) is 0. The van der Waals surface area contributed by atoms with Crippen LogP contribution in [0.5, 0.6) is 23.0 Å². The number of nitrogens with one attached hydrogen (secondary N) is 2. The average Bonchev–Trinajstić information content (AvgIpc) is 2.82. The average molecular weight is 477 g/mol. The minimum absolute atomic E-state index is 0.246. The first-order valence-corrected chi connectivity index (χ1v) is 10.2. The smallest absolute Gasteiger partial charge is 0.249 e. The van der Waals surface area contributed by atoms with Gasteiger partial charge in [-0.05, 0) is 48.5 Å². The van der Waals surface area contributed by atoms with Crippen molar-refractivity contribution in [1.82, 2.24) is 10.1 Å². The monoisotopic (exact) mass is 477 g/mol. The van der Waals surface area contributed by atoms with Gasteiger partial charge in [0, 0.05) is 48.9 Å². The van der Waals surface area contributed by atoms with Gasteiger partial charge in [-0.15, -0.1) is 0 Å². The zero-order valence-corrected chi connectivity index (χ0v) is 18.9. The van der Waals surface area contributed by atoms with Crippen molar-refractivity contribution in [3.63, 3.8) is 0 Å². The number of benzene rings is 3. The van der Waals surface area contributed by atoms with Gasteiger partial charge in [-0.1, -0.05) is 0 Å². The summed E-state index contributed by atoms with van der Waals surface area (Å²) in [6.45, 7) is 2.28. The zero-order valence-electron chi connectivity index (χ0n) is 18.9. The maximum Gasteiger partial charge on any atom is 0.249 e. The van der Waals surface area contributed by atoms with Crippen molar-refractivity contribution in [3.05, 3.63) is 77.9 Å². The highest BCUT2D eigenvalue weighted by Crippen LogP contribution is 2.31. The molecule has 6 N–H and O–H groups in total.